The Morgan fingerprint density at radius 1 is 1.23 bits per heavy atom. The molecule has 2 aromatic heterocycles. The monoisotopic (exact) mass is 453 g/mol. The van der Waals surface area contributed by atoms with Crippen LogP contribution in [0.1, 0.15) is 55.0 Å². The summed E-state index contributed by atoms with van der Waals surface area (Å²) in [5.74, 6) is 0.0140. The van der Waals surface area contributed by atoms with Crippen molar-refractivity contribution in [3.8, 4) is 5.69 Å². The van der Waals surface area contributed by atoms with E-state index in [4.69, 9.17) is 4.98 Å². The highest BCUT2D eigenvalue weighted by molar-refractivity contribution is 8.00. The van der Waals surface area contributed by atoms with Gasteiger partial charge in [0.2, 0.25) is 5.91 Å². The molecule has 0 bridgehead atoms. The van der Waals surface area contributed by atoms with Gasteiger partial charge in [0.05, 0.1) is 16.3 Å². The zero-order chi connectivity index (χ0) is 21.5. The number of rotatable bonds is 5. The number of para-hydroxylation sites is 1. The van der Waals surface area contributed by atoms with E-state index in [1.54, 1.807) is 15.9 Å². The minimum Gasteiger partial charge on any atom is -0.352 e. The Morgan fingerprint density at radius 2 is 2.00 bits per heavy atom. The summed E-state index contributed by atoms with van der Waals surface area (Å²) in [6.45, 7) is 3.91. The maximum atomic E-state index is 13.9. The number of amides is 1. The van der Waals surface area contributed by atoms with Crippen LogP contribution in [-0.2, 0) is 17.6 Å². The molecule has 1 atom stereocenters. The molecule has 162 valence electrons. The fourth-order valence-electron chi connectivity index (χ4n) is 4.23. The van der Waals surface area contributed by atoms with Crippen LogP contribution in [0.15, 0.2) is 34.2 Å². The number of thioether (sulfide) groups is 1. The van der Waals surface area contributed by atoms with E-state index in [-0.39, 0.29) is 16.7 Å². The van der Waals surface area contributed by atoms with E-state index >= 15 is 0 Å². The second-order valence-corrected chi connectivity index (χ2v) is 11.0. The molecule has 0 radical (unpaired) electrons. The first-order valence-electron chi connectivity index (χ1n) is 11.1. The van der Waals surface area contributed by atoms with Crippen molar-refractivity contribution in [3.63, 3.8) is 0 Å². The van der Waals surface area contributed by atoms with Gasteiger partial charge in [0.25, 0.3) is 5.56 Å². The minimum absolute atomic E-state index is 0.00370. The van der Waals surface area contributed by atoms with E-state index in [1.807, 2.05) is 38.1 Å². The summed E-state index contributed by atoms with van der Waals surface area (Å²) in [6, 6.07) is 8.22. The quantitative estimate of drug-likeness (QED) is 0.343. The van der Waals surface area contributed by atoms with E-state index in [2.05, 4.69) is 5.32 Å². The molecule has 1 aromatic carbocycles. The second kappa shape index (κ2) is 8.43. The van der Waals surface area contributed by atoms with Crippen molar-refractivity contribution in [2.75, 3.05) is 0 Å². The predicted molar refractivity (Wildman–Crippen MR) is 128 cm³/mol. The standard InChI is InChI=1S/C24H27N3O2S2/c1-14-8-6-7-10-18(14)27-23(29)20-17-9-4-3-5-11-19(17)31-22(20)26-24(27)30-15(2)21(28)25-16-12-13-16/h6-8,10,15-16H,3-5,9,11-13H2,1-2H3,(H,25,28). The van der Waals surface area contributed by atoms with E-state index in [1.165, 1.54) is 35.0 Å². The van der Waals surface area contributed by atoms with Crippen molar-refractivity contribution in [3.05, 3.63) is 50.6 Å². The lowest BCUT2D eigenvalue weighted by atomic mass is 10.1. The number of nitrogens with one attached hydrogen (secondary N) is 1. The first-order valence-corrected chi connectivity index (χ1v) is 12.8. The average Bonchev–Trinajstić information content (AvgIpc) is 3.53. The lowest BCUT2D eigenvalue weighted by molar-refractivity contribution is -0.120. The first-order chi connectivity index (χ1) is 15.0. The third-order valence-electron chi connectivity index (χ3n) is 6.14. The Labute approximate surface area is 190 Å². The Balaban J connectivity index is 1.66. The summed E-state index contributed by atoms with van der Waals surface area (Å²) < 4.78 is 1.74. The van der Waals surface area contributed by atoms with Crippen LogP contribution >= 0.6 is 23.1 Å². The second-order valence-electron chi connectivity index (χ2n) is 8.61. The van der Waals surface area contributed by atoms with Crippen LogP contribution in [0.3, 0.4) is 0 Å². The fourth-order valence-corrected chi connectivity index (χ4v) is 6.46. The number of hydrogen-bond acceptors (Lipinski definition) is 5. The Morgan fingerprint density at radius 3 is 2.77 bits per heavy atom. The molecule has 2 aliphatic carbocycles. The van der Waals surface area contributed by atoms with Crippen LogP contribution in [0, 0.1) is 6.92 Å². The molecule has 0 aliphatic heterocycles. The van der Waals surface area contributed by atoms with Crippen LogP contribution in [0.25, 0.3) is 15.9 Å². The van der Waals surface area contributed by atoms with Crippen molar-refractivity contribution in [1.82, 2.24) is 14.9 Å². The van der Waals surface area contributed by atoms with Crippen LogP contribution in [0.5, 0.6) is 0 Å². The normalized spacial score (nSPS) is 17.2. The van der Waals surface area contributed by atoms with Crippen LogP contribution in [0.2, 0.25) is 0 Å². The Bertz CT molecular complexity index is 1210. The van der Waals surface area contributed by atoms with Gasteiger partial charge in [-0.15, -0.1) is 11.3 Å². The molecule has 0 saturated heterocycles. The van der Waals surface area contributed by atoms with E-state index in [0.29, 0.717) is 11.2 Å². The van der Waals surface area contributed by atoms with Crippen molar-refractivity contribution in [2.24, 2.45) is 0 Å². The summed E-state index contributed by atoms with van der Waals surface area (Å²) in [7, 11) is 0. The van der Waals surface area contributed by atoms with Crippen molar-refractivity contribution < 1.29 is 4.79 Å². The molecule has 1 unspecified atom stereocenters. The summed E-state index contributed by atoms with van der Waals surface area (Å²) in [6.07, 6.45) is 7.60. The average molecular weight is 454 g/mol. The molecule has 1 N–H and O–H groups in total. The number of thiophene rings is 1. The lowest BCUT2D eigenvalue weighted by Crippen LogP contribution is -2.33. The molecule has 3 aromatic rings. The highest BCUT2D eigenvalue weighted by Crippen LogP contribution is 2.35. The van der Waals surface area contributed by atoms with Gasteiger partial charge in [-0.1, -0.05) is 36.4 Å². The van der Waals surface area contributed by atoms with Crippen molar-refractivity contribution in [1.29, 1.82) is 0 Å². The third kappa shape index (κ3) is 4.05. The van der Waals surface area contributed by atoms with Gasteiger partial charge in [0.15, 0.2) is 5.16 Å². The van der Waals surface area contributed by atoms with Gasteiger partial charge in [-0.25, -0.2) is 4.98 Å². The number of hydrogen-bond donors (Lipinski definition) is 1. The molecule has 7 heteroatoms. The van der Waals surface area contributed by atoms with Crippen LogP contribution in [-0.4, -0.2) is 26.8 Å². The number of carbonyl (C=O) groups is 1. The lowest BCUT2D eigenvalue weighted by Gasteiger charge is -2.17. The van der Waals surface area contributed by atoms with Gasteiger partial charge in [-0.05, 0) is 69.6 Å². The number of nitrogens with zero attached hydrogens (tertiary/aromatic N) is 2. The van der Waals surface area contributed by atoms with E-state index < -0.39 is 0 Å². The van der Waals surface area contributed by atoms with Gasteiger partial charge in [0, 0.05) is 10.9 Å². The Hall–Kier alpha value is -2.12. The molecule has 2 aliphatic rings. The van der Waals surface area contributed by atoms with Gasteiger partial charge < -0.3 is 5.32 Å². The maximum absolute atomic E-state index is 13.9. The molecule has 31 heavy (non-hydrogen) atoms. The van der Waals surface area contributed by atoms with Gasteiger partial charge in [-0.3, -0.25) is 14.2 Å². The highest BCUT2D eigenvalue weighted by atomic mass is 32.2. The largest absolute Gasteiger partial charge is 0.352 e. The SMILES string of the molecule is Cc1ccccc1-n1c(SC(C)C(=O)NC2CC2)nc2sc3c(c2c1=O)CCCCC3. The zero-order valence-corrected chi connectivity index (χ0v) is 19.6. The number of carbonyl (C=O) groups excluding carboxylic acids is 1. The third-order valence-corrected chi connectivity index (χ3v) is 8.38. The molecule has 1 fully saturated rings. The highest BCUT2D eigenvalue weighted by Gasteiger charge is 2.28. The van der Waals surface area contributed by atoms with Crippen molar-refractivity contribution >= 4 is 39.2 Å². The Kier molecular flexibility index (Phi) is 5.65. The topological polar surface area (TPSA) is 64.0 Å². The minimum atomic E-state index is -0.321. The number of aryl methyl sites for hydroxylation is 3. The van der Waals surface area contributed by atoms with E-state index in [0.717, 1.165) is 53.6 Å². The number of fused-ring (bicyclic) bond motifs is 3. The molecule has 5 rings (SSSR count). The molecular formula is C24H27N3O2S2. The van der Waals surface area contributed by atoms with Crippen LogP contribution in [0.4, 0.5) is 0 Å². The molecular weight excluding hydrogens is 426 g/mol. The maximum Gasteiger partial charge on any atom is 0.267 e. The summed E-state index contributed by atoms with van der Waals surface area (Å²) in [5.41, 5.74) is 3.06. The molecule has 0 spiro atoms. The predicted octanol–water partition coefficient (Wildman–Crippen LogP) is 4.78. The van der Waals surface area contributed by atoms with Gasteiger partial charge in [0.1, 0.15) is 4.83 Å². The first kappa shape index (κ1) is 20.8. The molecule has 5 nitrogen and oxygen atoms in total. The summed E-state index contributed by atoms with van der Waals surface area (Å²) in [4.78, 5) is 33.6. The van der Waals surface area contributed by atoms with Crippen LogP contribution < -0.4 is 10.9 Å². The smallest absolute Gasteiger partial charge is 0.267 e. The van der Waals surface area contributed by atoms with Gasteiger partial charge in [-0.2, -0.15) is 0 Å². The number of benzene rings is 1. The van der Waals surface area contributed by atoms with Crippen molar-refractivity contribution in [2.45, 2.75) is 75.2 Å². The van der Waals surface area contributed by atoms with E-state index in [9.17, 15) is 9.59 Å². The zero-order valence-electron chi connectivity index (χ0n) is 17.9. The molecule has 1 amide bonds. The molecule has 1 saturated carbocycles. The summed E-state index contributed by atoms with van der Waals surface area (Å²) in [5, 5.41) is 4.13. The molecule has 2 heterocycles. The van der Waals surface area contributed by atoms with Gasteiger partial charge >= 0.3 is 0 Å². The number of aromatic nitrogens is 2. The summed E-state index contributed by atoms with van der Waals surface area (Å²) >= 11 is 3.04. The fraction of sp³-hybridized carbons (Fsp3) is 0.458.